The molecule has 8 nitrogen and oxygen atoms in total. The second kappa shape index (κ2) is 11.3. The first-order valence-electron chi connectivity index (χ1n) is 13.5. The molecule has 0 saturated carbocycles. The van der Waals surface area contributed by atoms with Crippen molar-refractivity contribution in [3.63, 3.8) is 0 Å². The van der Waals surface area contributed by atoms with Crippen molar-refractivity contribution in [1.82, 2.24) is 25.2 Å². The summed E-state index contributed by atoms with van der Waals surface area (Å²) >= 11 is 0. The van der Waals surface area contributed by atoms with Gasteiger partial charge in [-0.15, -0.1) is 12.4 Å². The quantitative estimate of drug-likeness (QED) is 0.275. The summed E-state index contributed by atoms with van der Waals surface area (Å²) in [5.41, 5.74) is 9.05. The number of hydrogen-bond donors (Lipinski definition) is 2. The van der Waals surface area contributed by atoms with Gasteiger partial charge in [0.05, 0.1) is 11.1 Å². The molecule has 0 radical (unpaired) electrons. The fourth-order valence-electron chi connectivity index (χ4n) is 5.44. The molecule has 0 spiro atoms. The zero-order chi connectivity index (χ0) is 28.9. The molecular formula is C32H32ClN5O3S. The topological polar surface area (TPSA) is 108 Å². The molecule has 3 aromatic carbocycles. The van der Waals surface area contributed by atoms with Gasteiger partial charge in [-0.1, -0.05) is 36.4 Å². The van der Waals surface area contributed by atoms with E-state index in [1.54, 1.807) is 38.5 Å². The van der Waals surface area contributed by atoms with E-state index in [9.17, 15) is 13.2 Å². The van der Waals surface area contributed by atoms with E-state index in [4.69, 9.17) is 0 Å². The Hall–Kier alpha value is -4.05. The fourth-order valence-corrected chi connectivity index (χ4v) is 6.88. The first-order chi connectivity index (χ1) is 19.6. The maximum absolute atomic E-state index is 14.2. The van der Waals surface area contributed by atoms with Crippen molar-refractivity contribution in [2.45, 2.75) is 36.7 Å². The molecule has 42 heavy (non-hydrogen) atoms. The summed E-state index contributed by atoms with van der Waals surface area (Å²) in [6.45, 7) is 5.69. The lowest BCUT2D eigenvalue weighted by Gasteiger charge is -2.21. The molecule has 0 aliphatic carbocycles. The normalized spacial score (nSPS) is 13.0. The maximum Gasteiger partial charge on any atom is 0.253 e. The van der Waals surface area contributed by atoms with Crippen LogP contribution in [0.15, 0.2) is 76.9 Å². The zero-order valence-corrected chi connectivity index (χ0v) is 25.5. The first kappa shape index (κ1) is 29.4. The summed E-state index contributed by atoms with van der Waals surface area (Å²) in [7, 11) is -0.609. The van der Waals surface area contributed by atoms with Crippen molar-refractivity contribution in [3.8, 4) is 22.3 Å². The third-order valence-corrected chi connectivity index (χ3v) is 9.32. The molecular weight excluding hydrogens is 570 g/mol. The number of fused-ring (bicyclic) bond motifs is 2. The summed E-state index contributed by atoms with van der Waals surface area (Å²) in [4.78, 5) is 26.2. The number of nitrogens with zero attached hydrogens (tertiary/aromatic N) is 3. The lowest BCUT2D eigenvalue weighted by atomic mass is 9.91. The second-order valence-corrected chi connectivity index (χ2v) is 12.6. The van der Waals surface area contributed by atoms with Gasteiger partial charge in [-0.25, -0.2) is 18.4 Å². The average molecular weight is 602 g/mol. The molecule has 0 bridgehead atoms. The van der Waals surface area contributed by atoms with Gasteiger partial charge in [0.15, 0.2) is 10.7 Å². The van der Waals surface area contributed by atoms with Crippen LogP contribution in [-0.4, -0.2) is 54.8 Å². The molecule has 10 heteroatoms. The van der Waals surface area contributed by atoms with E-state index in [-0.39, 0.29) is 28.2 Å². The van der Waals surface area contributed by atoms with Gasteiger partial charge in [0.25, 0.3) is 5.91 Å². The number of rotatable bonds is 5. The molecule has 2 aromatic heterocycles. The van der Waals surface area contributed by atoms with Crippen LogP contribution in [0.25, 0.3) is 33.4 Å². The molecule has 0 fully saturated rings. The second-order valence-electron chi connectivity index (χ2n) is 10.7. The van der Waals surface area contributed by atoms with Gasteiger partial charge in [-0.05, 0) is 78.4 Å². The van der Waals surface area contributed by atoms with Crippen LogP contribution in [0.2, 0.25) is 0 Å². The third-order valence-electron chi connectivity index (χ3n) is 7.66. The van der Waals surface area contributed by atoms with E-state index in [1.165, 1.54) is 22.2 Å². The molecule has 0 atom stereocenters. The SMILES string of the molecule is Cc1ccc(-c2cc(C)c3c(c2)CCNC3)c(S(=O)(=O)c2cnc3[nH]cc(-c4ccc(C(=O)N(C)C)cc4)c3n2)c1.Cl. The number of carbonyl (C=O) groups excluding carboxylic acids is 1. The van der Waals surface area contributed by atoms with Gasteiger partial charge < -0.3 is 15.2 Å². The number of nitrogens with one attached hydrogen (secondary N) is 2. The molecule has 1 amide bonds. The zero-order valence-electron chi connectivity index (χ0n) is 23.9. The van der Waals surface area contributed by atoms with Crippen molar-refractivity contribution in [3.05, 3.63) is 94.8 Å². The highest BCUT2D eigenvalue weighted by Gasteiger charge is 2.26. The summed E-state index contributed by atoms with van der Waals surface area (Å²) in [5, 5.41) is 3.30. The number of amides is 1. The number of carbonyl (C=O) groups is 1. The van der Waals surface area contributed by atoms with E-state index >= 15 is 0 Å². The Labute approximate surface area is 251 Å². The minimum Gasteiger partial charge on any atom is -0.345 e. The van der Waals surface area contributed by atoms with Crippen LogP contribution in [-0.2, 0) is 22.8 Å². The number of hydrogen-bond acceptors (Lipinski definition) is 6. The van der Waals surface area contributed by atoms with Crippen molar-refractivity contribution >= 4 is 39.3 Å². The number of benzene rings is 3. The van der Waals surface area contributed by atoms with E-state index in [0.29, 0.717) is 27.9 Å². The van der Waals surface area contributed by atoms with Gasteiger partial charge in [0.2, 0.25) is 9.84 Å². The predicted molar refractivity (Wildman–Crippen MR) is 167 cm³/mol. The molecule has 1 aliphatic heterocycles. The minimum atomic E-state index is -4.02. The maximum atomic E-state index is 14.2. The number of aromatic nitrogens is 3. The highest BCUT2D eigenvalue weighted by molar-refractivity contribution is 7.91. The standard InChI is InChI=1S/C32H31N5O3S.ClH/c1-19-5-10-25(24-14-20(2)26-16-33-12-11-23(26)15-24)28(13-19)41(39,40)29-18-35-31-30(36-29)27(17-34-31)21-6-8-22(9-7-21)32(38)37(3)4;/h5-10,13-15,17-18,33H,11-12,16H2,1-4H3,(H,34,35);1H. The number of H-pyrrole nitrogens is 1. The Morgan fingerprint density at radius 2 is 1.71 bits per heavy atom. The van der Waals surface area contributed by atoms with Crippen LogP contribution >= 0.6 is 12.4 Å². The Morgan fingerprint density at radius 1 is 0.952 bits per heavy atom. The number of halogens is 1. The van der Waals surface area contributed by atoms with Crippen LogP contribution in [0.3, 0.4) is 0 Å². The molecule has 0 unspecified atom stereocenters. The van der Waals surface area contributed by atoms with Crippen LogP contribution in [0.4, 0.5) is 0 Å². The monoisotopic (exact) mass is 601 g/mol. The van der Waals surface area contributed by atoms with Gasteiger partial charge in [0, 0.05) is 43.5 Å². The van der Waals surface area contributed by atoms with Crippen molar-refractivity contribution < 1.29 is 13.2 Å². The van der Waals surface area contributed by atoms with Crippen LogP contribution in [0.1, 0.15) is 32.6 Å². The number of sulfone groups is 1. The fraction of sp³-hybridized carbons (Fsp3) is 0.219. The molecule has 6 rings (SSSR count). The van der Waals surface area contributed by atoms with Crippen LogP contribution in [0.5, 0.6) is 0 Å². The van der Waals surface area contributed by atoms with Crippen molar-refractivity contribution in [2.75, 3.05) is 20.6 Å². The van der Waals surface area contributed by atoms with Crippen LogP contribution in [0, 0.1) is 13.8 Å². The Bertz CT molecular complexity index is 1930. The Balaban J connectivity index is 0.00000353. The van der Waals surface area contributed by atoms with E-state index in [1.807, 2.05) is 31.2 Å². The number of aryl methyl sites for hydroxylation is 2. The summed E-state index contributed by atoms with van der Waals surface area (Å²) in [6.07, 6.45) is 3.97. The highest BCUT2D eigenvalue weighted by Crippen LogP contribution is 2.35. The third kappa shape index (κ3) is 5.19. The molecule has 2 N–H and O–H groups in total. The molecule has 1 aliphatic rings. The molecule has 0 saturated heterocycles. The molecule has 5 aromatic rings. The largest absolute Gasteiger partial charge is 0.345 e. The Morgan fingerprint density at radius 3 is 2.45 bits per heavy atom. The van der Waals surface area contributed by atoms with Gasteiger partial charge in [0.1, 0.15) is 5.52 Å². The van der Waals surface area contributed by atoms with Crippen molar-refractivity contribution in [1.29, 1.82) is 0 Å². The average Bonchev–Trinajstić information content (AvgIpc) is 3.40. The molecule has 216 valence electrons. The lowest BCUT2D eigenvalue weighted by Crippen LogP contribution is -2.24. The van der Waals surface area contributed by atoms with E-state index < -0.39 is 9.84 Å². The molecule has 3 heterocycles. The number of aromatic amines is 1. The first-order valence-corrected chi connectivity index (χ1v) is 15.0. The van der Waals surface area contributed by atoms with Gasteiger partial charge in [-0.3, -0.25) is 4.79 Å². The highest BCUT2D eigenvalue weighted by atomic mass is 35.5. The summed E-state index contributed by atoms with van der Waals surface area (Å²) in [5.74, 6) is -0.0941. The van der Waals surface area contributed by atoms with E-state index in [2.05, 4.69) is 39.3 Å². The van der Waals surface area contributed by atoms with Crippen LogP contribution < -0.4 is 5.32 Å². The lowest BCUT2D eigenvalue weighted by molar-refractivity contribution is 0.0827. The minimum absolute atomic E-state index is 0. The predicted octanol–water partition coefficient (Wildman–Crippen LogP) is 5.51. The van der Waals surface area contributed by atoms with E-state index in [0.717, 1.165) is 41.8 Å². The van der Waals surface area contributed by atoms with Gasteiger partial charge in [-0.2, -0.15) is 0 Å². The van der Waals surface area contributed by atoms with Crippen molar-refractivity contribution in [2.24, 2.45) is 0 Å². The summed E-state index contributed by atoms with van der Waals surface area (Å²) in [6, 6.07) is 16.9. The smallest absolute Gasteiger partial charge is 0.253 e. The van der Waals surface area contributed by atoms with Gasteiger partial charge >= 0.3 is 0 Å². The Kier molecular flexibility index (Phi) is 7.94. The summed E-state index contributed by atoms with van der Waals surface area (Å²) < 4.78 is 28.4.